The highest BCUT2D eigenvalue weighted by Gasteiger charge is 2.16. The second-order valence-electron chi connectivity index (χ2n) is 7.62. The molecule has 1 aromatic rings. The largest absolute Gasteiger partial charge is 0.356 e. The Morgan fingerprint density at radius 1 is 1.04 bits per heavy atom. The normalized spacial score (nSPS) is 19.9. The average molecular weight is 370 g/mol. The quantitative estimate of drug-likeness (QED) is 0.474. The van der Waals surface area contributed by atoms with Gasteiger partial charge in [0.2, 0.25) is 0 Å². The van der Waals surface area contributed by atoms with Crippen molar-refractivity contribution in [3.05, 3.63) is 42.0 Å². The van der Waals surface area contributed by atoms with Gasteiger partial charge >= 0.3 is 0 Å². The molecule has 0 aromatic heterocycles. The van der Waals surface area contributed by atoms with Crippen molar-refractivity contribution in [2.75, 3.05) is 66.5 Å². The lowest BCUT2D eigenvalue weighted by molar-refractivity contribution is 0.152. The third-order valence-electron chi connectivity index (χ3n) is 5.65. The van der Waals surface area contributed by atoms with Gasteiger partial charge in [-0.3, -0.25) is 4.99 Å². The first-order valence-corrected chi connectivity index (χ1v) is 10.4. The molecule has 0 spiro atoms. The van der Waals surface area contributed by atoms with Crippen molar-refractivity contribution in [1.29, 1.82) is 0 Å². The standard InChI is InChI=1S/C22H35N5/c1-23-22(24-12-6-7-13-26-18-16-25(2)17-19-26)27-14-10-21(11-15-27)20-8-4-3-5-9-20/h3-5,8-10H,6-7,11-19H2,1-2H3,(H,23,24). The molecule has 0 atom stereocenters. The summed E-state index contributed by atoms with van der Waals surface area (Å²) in [7, 11) is 4.11. The van der Waals surface area contributed by atoms with Crippen LogP contribution in [0, 0.1) is 0 Å². The SMILES string of the molecule is CN=C(NCCCCN1CCN(C)CC1)N1CC=C(c2ccccc2)CC1. The lowest BCUT2D eigenvalue weighted by Crippen LogP contribution is -2.45. The van der Waals surface area contributed by atoms with Crippen molar-refractivity contribution in [2.45, 2.75) is 19.3 Å². The van der Waals surface area contributed by atoms with Gasteiger partial charge in [-0.05, 0) is 44.0 Å². The molecule has 0 unspecified atom stereocenters. The highest BCUT2D eigenvalue weighted by molar-refractivity contribution is 5.81. The maximum absolute atomic E-state index is 4.49. The summed E-state index contributed by atoms with van der Waals surface area (Å²) in [6.45, 7) is 9.04. The predicted molar refractivity (Wildman–Crippen MR) is 115 cm³/mol. The minimum absolute atomic E-state index is 0.936. The first kappa shape index (κ1) is 19.9. The van der Waals surface area contributed by atoms with Gasteiger partial charge in [0, 0.05) is 52.9 Å². The maximum Gasteiger partial charge on any atom is 0.193 e. The second-order valence-corrected chi connectivity index (χ2v) is 7.62. The van der Waals surface area contributed by atoms with Crippen LogP contribution in [-0.2, 0) is 0 Å². The Balaban J connectivity index is 1.35. The Kier molecular flexibility index (Phi) is 7.72. The van der Waals surface area contributed by atoms with Gasteiger partial charge in [-0.1, -0.05) is 36.4 Å². The van der Waals surface area contributed by atoms with Crippen LogP contribution in [0.15, 0.2) is 41.4 Å². The summed E-state index contributed by atoms with van der Waals surface area (Å²) in [5.41, 5.74) is 2.80. The Morgan fingerprint density at radius 2 is 1.81 bits per heavy atom. The van der Waals surface area contributed by atoms with Crippen LogP contribution in [0.4, 0.5) is 0 Å². The Morgan fingerprint density at radius 3 is 2.48 bits per heavy atom. The summed E-state index contributed by atoms with van der Waals surface area (Å²) >= 11 is 0. The third-order valence-corrected chi connectivity index (χ3v) is 5.65. The van der Waals surface area contributed by atoms with Crippen LogP contribution >= 0.6 is 0 Å². The number of benzene rings is 1. The monoisotopic (exact) mass is 369 g/mol. The van der Waals surface area contributed by atoms with Crippen LogP contribution < -0.4 is 5.32 Å². The van der Waals surface area contributed by atoms with Crippen molar-refractivity contribution in [3.63, 3.8) is 0 Å². The number of nitrogens with zero attached hydrogens (tertiary/aromatic N) is 4. The number of unbranched alkanes of at least 4 members (excludes halogenated alkanes) is 1. The predicted octanol–water partition coefficient (Wildman–Crippen LogP) is 2.38. The van der Waals surface area contributed by atoms with E-state index in [0.29, 0.717) is 0 Å². The molecular weight excluding hydrogens is 334 g/mol. The average Bonchev–Trinajstić information content (AvgIpc) is 2.73. The number of piperazine rings is 1. The van der Waals surface area contributed by atoms with Gasteiger partial charge in [-0.15, -0.1) is 0 Å². The molecule has 2 heterocycles. The fourth-order valence-corrected chi connectivity index (χ4v) is 3.84. The molecule has 0 amide bonds. The highest BCUT2D eigenvalue weighted by Crippen LogP contribution is 2.21. The molecule has 0 aliphatic carbocycles. The fraction of sp³-hybridized carbons (Fsp3) is 0.591. The molecule has 1 saturated heterocycles. The van der Waals surface area contributed by atoms with E-state index in [-0.39, 0.29) is 0 Å². The minimum atomic E-state index is 0.936. The second kappa shape index (κ2) is 10.5. The third kappa shape index (κ3) is 6.08. The first-order valence-electron chi connectivity index (χ1n) is 10.4. The number of hydrogen-bond acceptors (Lipinski definition) is 3. The summed E-state index contributed by atoms with van der Waals surface area (Å²) in [4.78, 5) is 11.9. The van der Waals surface area contributed by atoms with Crippen LogP contribution in [0.25, 0.3) is 5.57 Å². The van der Waals surface area contributed by atoms with Crippen LogP contribution in [-0.4, -0.2) is 87.1 Å². The van der Waals surface area contributed by atoms with Crippen LogP contribution in [0.3, 0.4) is 0 Å². The van der Waals surface area contributed by atoms with Crippen molar-refractivity contribution in [3.8, 4) is 0 Å². The lowest BCUT2D eigenvalue weighted by atomic mass is 10.00. The Bertz CT molecular complexity index is 617. The molecule has 0 bridgehead atoms. The summed E-state index contributed by atoms with van der Waals surface area (Å²) in [5, 5.41) is 3.56. The summed E-state index contributed by atoms with van der Waals surface area (Å²) < 4.78 is 0. The molecule has 2 aliphatic heterocycles. The molecule has 2 aliphatic rings. The molecule has 5 nitrogen and oxygen atoms in total. The summed E-state index contributed by atoms with van der Waals surface area (Å²) in [5.74, 6) is 1.04. The molecular formula is C22H35N5. The van der Waals surface area contributed by atoms with Crippen LogP contribution in [0.1, 0.15) is 24.8 Å². The van der Waals surface area contributed by atoms with Gasteiger partial charge in [0.15, 0.2) is 5.96 Å². The molecule has 27 heavy (non-hydrogen) atoms. The molecule has 148 valence electrons. The smallest absolute Gasteiger partial charge is 0.193 e. The van der Waals surface area contributed by atoms with E-state index < -0.39 is 0 Å². The first-order chi connectivity index (χ1) is 13.3. The number of nitrogens with one attached hydrogen (secondary N) is 1. The highest BCUT2D eigenvalue weighted by atomic mass is 15.3. The van der Waals surface area contributed by atoms with Gasteiger partial charge in [-0.2, -0.15) is 0 Å². The van der Waals surface area contributed by atoms with E-state index in [4.69, 9.17) is 0 Å². The lowest BCUT2D eigenvalue weighted by Gasteiger charge is -2.32. The van der Waals surface area contributed by atoms with E-state index in [9.17, 15) is 0 Å². The van der Waals surface area contributed by atoms with Crippen molar-refractivity contribution in [1.82, 2.24) is 20.0 Å². The van der Waals surface area contributed by atoms with E-state index in [1.807, 2.05) is 7.05 Å². The maximum atomic E-state index is 4.49. The molecule has 1 aromatic carbocycles. The fourth-order valence-electron chi connectivity index (χ4n) is 3.84. The zero-order chi connectivity index (χ0) is 18.9. The van der Waals surface area contributed by atoms with Gasteiger partial charge in [0.05, 0.1) is 0 Å². The van der Waals surface area contributed by atoms with Crippen LogP contribution in [0.2, 0.25) is 0 Å². The molecule has 0 radical (unpaired) electrons. The van der Waals surface area contributed by atoms with E-state index in [1.165, 1.54) is 56.7 Å². The topological polar surface area (TPSA) is 34.1 Å². The number of likely N-dealkylation sites (N-methyl/N-ethyl adjacent to an activating group) is 1. The van der Waals surface area contributed by atoms with E-state index >= 15 is 0 Å². The number of rotatable bonds is 6. The number of guanidine groups is 1. The van der Waals surface area contributed by atoms with Gasteiger partial charge < -0.3 is 20.0 Å². The zero-order valence-corrected chi connectivity index (χ0v) is 17.0. The molecule has 1 N–H and O–H groups in total. The van der Waals surface area contributed by atoms with Crippen LogP contribution in [0.5, 0.6) is 0 Å². The van der Waals surface area contributed by atoms with E-state index in [0.717, 1.165) is 32.0 Å². The van der Waals surface area contributed by atoms with Gasteiger partial charge in [-0.25, -0.2) is 0 Å². The molecule has 5 heteroatoms. The minimum Gasteiger partial charge on any atom is -0.356 e. The van der Waals surface area contributed by atoms with E-state index in [2.05, 4.69) is 68.5 Å². The van der Waals surface area contributed by atoms with Crippen molar-refractivity contribution >= 4 is 11.5 Å². The van der Waals surface area contributed by atoms with E-state index in [1.54, 1.807) is 0 Å². The molecule has 1 fully saturated rings. The zero-order valence-electron chi connectivity index (χ0n) is 17.0. The van der Waals surface area contributed by atoms with Crippen molar-refractivity contribution in [2.24, 2.45) is 4.99 Å². The van der Waals surface area contributed by atoms with Crippen molar-refractivity contribution < 1.29 is 0 Å². The number of hydrogen-bond donors (Lipinski definition) is 1. The Hall–Kier alpha value is -1.85. The molecule has 0 saturated carbocycles. The van der Waals surface area contributed by atoms with Gasteiger partial charge in [0.25, 0.3) is 0 Å². The van der Waals surface area contributed by atoms with Gasteiger partial charge in [0.1, 0.15) is 0 Å². The summed E-state index contributed by atoms with van der Waals surface area (Å²) in [6, 6.07) is 10.7. The number of aliphatic imine (C=N–C) groups is 1. The Labute approximate surface area is 164 Å². The molecule has 3 rings (SSSR count). The summed E-state index contributed by atoms with van der Waals surface area (Å²) in [6.07, 6.45) is 5.88.